The van der Waals surface area contributed by atoms with E-state index in [1.165, 1.54) is 0 Å². The number of aromatic hydroxyl groups is 1. The molecule has 0 saturated carbocycles. The molecule has 2 atom stereocenters. The lowest BCUT2D eigenvalue weighted by Gasteiger charge is -2.31. The zero-order valence-electron chi connectivity index (χ0n) is 15.8. The van der Waals surface area contributed by atoms with Crippen molar-refractivity contribution in [1.82, 2.24) is 5.32 Å². The second-order valence-corrected chi connectivity index (χ2v) is 8.72. The van der Waals surface area contributed by atoms with E-state index >= 15 is 0 Å². The van der Waals surface area contributed by atoms with Crippen molar-refractivity contribution in [3.8, 4) is 11.5 Å². The van der Waals surface area contributed by atoms with Crippen molar-refractivity contribution in [2.24, 2.45) is 4.99 Å². The summed E-state index contributed by atoms with van der Waals surface area (Å²) >= 11 is 7.01. The number of hydrogen-bond acceptors (Lipinski definition) is 4. The maximum atomic E-state index is 10.5. The number of phenolic OH excluding ortho intramolecular Hbond substituents is 1. The summed E-state index contributed by atoms with van der Waals surface area (Å²) in [7, 11) is 1.66. The van der Waals surface area contributed by atoms with Gasteiger partial charge in [0.25, 0.3) is 0 Å². The number of nitrogens with one attached hydrogen (secondary N) is 1. The third kappa shape index (κ3) is 4.55. The van der Waals surface area contributed by atoms with Crippen molar-refractivity contribution < 1.29 is 9.84 Å². The van der Waals surface area contributed by atoms with Gasteiger partial charge in [-0.15, -0.1) is 0 Å². The second-order valence-electron chi connectivity index (χ2n) is 6.88. The fraction of sp³-hybridized carbons (Fsp3) is 0.174. The maximum absolute atomic E-state index is 10.5. The third-order valence-corrected chi connectivity index (χ3v) is 6.04. The summed E-state index contributed by atoms with van der Waals surface area (Å²) in [6.45, 7) is 0. The molecule has 2 N–H and O–H groups in total. The van der Waals surface area contributed by atoms with Gasteiger partial charge in [-0.25, -0.2) is 0 Å². The van der Waals surface area contributed by atoms with Gasteiger partial charge in [0.1, 0.15) is 17.7 Å². The minimum absolute atomic E-state index is 0.0734. The van der Waals surface area contributed by atoms with Crippen LogP contribution in [0.5, 0.6) is 11.5 Å². The molecule has 0 fully saturated rings. The first kappa shape index (κ1) is 20.1. The van der Waals surface area contributed by atoms with Crippen LogP contribution < -0.4 is 10.1 Å². The summed E-state index contributed by atoms with van der Waals surface area (Å²) in [5, 5.41) is 14.1. The number of methoxy groups -OCH3 is 1. The Balaban J connectivity index is 1.75. The van der Waals surface area contributed by atoms with Gasteiger partial charge in [0.15, 0.2) is 0 Å². The van der Waals surface area contributed by atoms with Gasteiger partial charge in [-0.05, 0) is 65.7 Å². The molecule has 0 bridgehead atoms. The quantitative estimate of drug-likeness (QED) is 0.438. The predicted molar refractivity (Wildman–Crippen MR) is 123 cm³/mol. The number of aliphatic imine (C=N–C) groups is 1. The predicted octanol–water partition coefficient (Wildman–Crippen LogP) is 6.15. The van der Waals surface area contributed by atoms with E-state index in [9.17, 15) is 5.11 Å². The Hall–Kier alpha value is -2.15. The Morgan fingerprint density at radius 1 is 0.966 bits per heavy atom. The molecule has 0 aromatic heterocycles. The molecule has 0 saturated heterocycles. The topological polar surface area (TPSA) is 53.8 Å². The van der Waals surface area contributed by atoms with Gasteiger partial charge in [0, 0.05) is 32.7 Å². The summed E-state index contributed by atoms with van der Waals surface area (Å²) in [6, 6.07) is 21.5. The Labute approximate surface area is 186 Å². The van der Waals surface area contributed by atoms with E-state index in [2.05, 4.69) is 49.3 Å². The Morgan fingerprint density at radius 2 is 1.66 bits per heavy atom. The molecule has 1 aliphatic heterocycles. The van der Waals surface area contributed by atoms with Crippen LogP contribution in [0.15, 0.2) is 80.7 Å². The van der Waals surface area contributed by atoms with Crippen LogP contribution >= 0.6 is 31.9 Å². The third-order valence-electron chi connectivity index (χ3n) is 5.02. The maximum Gasteiger partial charge on any atom is 0.126 e. The van der Waals surface area contributed by atoms with Crippen molar-refractivity contribution in [2.75, 3.05) is 7.11 Å². The smallest absolute Gasteiger partial charge is 0.126 e. The molecule has 0 radical (unpaired) electrons. The zero-order valence-corrected chi connectivity index (χ0v) is 18.9. The lowest BCUT2D eigenvalue weighted by Crippen LogP contribution is -2.33. The minimum Gasteiger partial charge on any atom is -0.508 e. The average molecular weight is 516 g/mol. The number of hydrogen-bond donors (Lipinski definition) is 2. The number of nitrogens with zero attached hydrogens (tertiary/aromatic N) is 1. The molecule has 4 nitrogen and oxygen atoms in total. The van der Waals surface area contributed by atoms with Crippen LogP contribution in [0.25, 0.3) is 0 Å². The molecule has 0 spiro atoms. The van der Waals surface area contributed by atoms with Crippen molar-refractivity contribution >= 4 is 37.6 Å². The van der Waals surface area contributed by atoms with Crippen LogP contribution in [0.3, 0.4) is 0 Å². The summed E-state index contributed by atoms with van der Waals surface area (Å²) in [5.41, 5.74) is 3.96. The Morgan fingerprint density at radius 3 is 2.34 bits per heavy atom. The standard InChI is InChI=1S/C23H20Br2N2O2/c1-29-18-9-4-14(5-10-18)20-13-21(19-12-17(25)8-11-22(19)28)27-23(26-20)15-2-6-16(24)7-3-15/h2-12,21,23,27-28H,13H2,1H3/t21-,23-/m0/s1. The number of benzene rings is 3. The number of ether oxygens (including phenoxy) is 1. The molecular weight excluding hydrogens is 496 g/mol. The summed E-state index contributed by atoms with van der Waals surface area (Å²) < 4.78 is 7.24. The SMILES string of the molecule is COc1ccc(C2=N[C@H](c3ccc(Br)cc3)N[C@H](c3cc(Br)ccc3O)C2)cc1. The van der Waals surface area contributed by atoms with E-state index in [0.717, 1.165) is 37.1 Å². The van der Waals surface area contributed by atoms with Gasteiger partial charge >= 0.3 is 0 Å². The van der Waals surface area contributed by atoms with Crippen LogP contribution in [0, 0.1) is 0 Å². The van der Waals surface area contributed by atoms with Crippen LogP contribution in [0.1, 0.15) is 35.3 Å². The molecular formula is C23H20Br2N2O2. The number of halogens is 2. The number of rotatable bonds is 4. The van der Waals surface area contributed by atoms with E-state index in [-0.39, 0.29) is 18.0 Å². The normalized spacial score (nSPS) is 18.9. The molecule has 0 amide bonds. The molecule has 3 aromatic carbocycles. The molecule has 0 unspecified atom stereocenters. The summed E-state index contributed by atoms with van der Waals surface area (Å²) in [4.78, 5) is 4.99. The molecule has 6 heteroatoms. The highest BCUT2D eigenvalue weighted by atomic mass is 79.9. The molecule has 148 valence electrons. The first-order chi connectivity index (χ1) is 14.0. The molecule has 1 aliphatic rings. The van der Waals surface area contributed by atoms with E-state index in [1.54, 1.807) is 13.2 Å². The fourth-order valence-electron chi connectivity index (χ4n) is 3.48. The van der Waals surface area contributed by atoms with E-state index in [1.807, 2.05) is 48.5 Å². The van der Waals surface area contributed by atoms with Gasteiger partial charge in [-0.3, -0.25) is 10.3 Å². The van der Waals surface area contributed by atoms with Gasteiger partial charge in [-0.1, -0.05) is 44.0 Å². The number of phenols is 1. The Kier molecular flexibility index (Phi) is 6.04. The highest BCUT2D eigenvalue weighted by Gasteiger charge is 2.27. The highest BCUT2D eigenvalue weighted by molar-refractivity contribution is 9.10. The van der Waals surface area contributed by atoms with E-state index < -0.39 is 0 Å². The second kappa shape index (κ2) is 8.69. The molecule has 4 rings (SSSR count). The van der Waals surface area contributed by atoms with E-state index in [4.69, 9.17) is 9.73 Å². The van der Waals surface area contributed by atoms with Gasteiger partial charge in [0.05, 0.1) is 7.11 Å². The monoisotopic (exact) mass is 514 g/mol. The first-order valence-electron chi connectivity index (χ1n) is 9.24. The highest BCUT2D eigenvalue weighted by Crippen LogP contribution is 2.36. The summed E-state index contributed by atoms with van der Waals surface area (Å²) in [6.07, 6.45) is 0.459. The lowest BCUT2D eigenvalue weighted by molar-refractivity contribution is 0.412. The first-order valence-corrected chi connectivity index (χ1v) is 10.8. The van der Waals surface area contributed by atoms with Crippen molar-refractivity contribution in [2.45, 2.75) is 18.6 Å². The van der Waals surface area contributed by atoms with Gasteiger partial charge < -0.3 is 9.84 Å². The van der Waals surface area contributed by atoms with Gasteiger partial charge in [-0.2, -0.15) is 0 Å². The molecule has 3 aromatic rings. The van der Waals surface area contributed by atoms with Crippen LogP contribution in [0.4, 0.5) is 0 Å². The summed E-state index contributed by atoms with van der Waals surface area (Å²) in [5.74, 6) is 1.09. The average Bonchev–Trinajstić information content (AvgIpc) is 2.75. The van der Waals surface area contributed by atoms with Crippen molar-refractivity contribution in [1.29, 1.82) is 0 Å². The van der Waals surface area contributed by atoms with Crippen LogP contribution in [0.2, 0.25) is 0 Å². The van der Waals surface area contributed by atoms with E-state index in [0.29, 0.717) is 6.42 Å². The minimum atomic E-state index is -0.211. The van der Waals surface area contributed by atoms with Gasteiger partial charge in [0.2, 0.25) is 0 Å². The lowest BCUT2D eigenvalue weighted by atomic mass is 9.93. The zero-order chi connectivity index (χ0) is 20.4. The van der Waals surface area contributed by atoms with Crippen molar-refractivity contribution in [3.05, 3.63) is 92.4 Å². The Bertz CT molecular complexity index is 1030. The largest absolute Gasteiger partial charge is 0.508 e. The van der Waals surface area contributed by atoms with Crippen LogP contribution in [-0.4, -0.2) is 17.9 Å². The molecule has 29 heavy (non-hydrogen) atoms. The van der Waals surface area contributed by atoms with Crippen molar-refractivity contribution in [3.63, 3.8) is 0 Å². The fourth-order valence-corrected chi connectivity index (χ4v) is 4.13. The molecule has 0 aliphatic carbocycles. The van der Waals surface area contributed by atoms with Crippen LogP contribution in [-0.2, 0) is 0 Å². The molecule has 1 heterocycles.